The minimum Gasteiger partial charge on any atom is -0.493 e. The van der Waals surface area contributed by atoms with E-state index in [1.54, 1.807) is 14.2 Å². The third kappa shape index (κ3) is 2.92. The third-order valence-corrected chi connectivity index (χ3v) is 3.79. The predicted octanol–water partition coefficient (Wildman–Crippen LogP) is 4.30. The second-order valence-corrected chi connectivity index (χ2v) is 5.30. The van der Waals surface area contributed by atoms with Crippen molar-refractivity contribution in [2.45, 2.75) is 6.92 Å². The van der Waals surface area contributed by atoms with Gasteiger partial charge in [0.05, 0.1) is 36.9 Å². The van der Waals surface area contributed by atoms with Crippen LogP contribution in [0.3, 0.4) is 0 Å². The first kappa shape index (κ1) is 15.5. The zero-order valence-electron chi connectivity index (χ0n) is 13.1. The molecule has 23 heavy (non-hydrogen) atoms. The summed E-state index contributed by atoms with van der Waals surface area (Å²) in [6.45, 7) is 2.49. The van der Waals surface area contributed by atoms with Crippen LogP contribution >= 0.6 is 11.6 Å². The van der Waals surface area contributed by atoms with E-state index >= 15 is 0 Å². The van der Waals surface area contributed by atoms with Gasteiger partial charge >= 0.3 is 0 Å². The Labute approximate surface area is 139 Å². The average molecular weight is 333 g/mol. The van der Waals surface area contributed by atoms with Crippen LogP contribution in [0.25, 0.3) is 22.4 Å². The maximum Gasteiger partial charge on any atom is 0.163 e. The van der Waals surface area contributed by atoms with Crippen molar-refractivity contribution in [3.63, 3.8) is 0 Å². The maximum absolute atomic E-state index is 6.25. The molecule has 0 aliphatic carbocycles. The summed E-state index contributed by atoms with van der Waals surface area (Å²) in [5.74, 6) is 2.68. The number of benzene rings is 2. The number of hydrogen-bond donors (Lipinski definition) is 1. The van der Waals surface area contributed by atoms with Crippen molar-refractivity contribution >= 4 is 22.6 Å². The molecule has 5 nitrogen and oxygen atoms in total. The Morgan fingerprint density at radius 2 is 1.78 bits per heavy atom. The highest BCUT2D eigenvalue weighted by Crippen LogP contribution is 2.34. The molecule has 0 saturated carbocycles. The Hall–Kier alpha value is -2.40. The molecule has 0 saturated heterocycles. The lowest BCUT2D eigenvalue weighted by atomic mass is 10.2. The highest BCUT2D eigenvalue weighted by atomic mass is 35.5. The van der Waals surface area contributed by atoms with E-state index in [1.807, 2.05) is 37.3 Å². The molecule has 0 aliphatic rings. The zero-order chi connectivity index (χ0) is 16.4. The van der Waals surface area contributed by atoms with Gasteiger partial charge in [0, 0.05) is 17.7 Å². The molecule has 0 radical (unpaired) electrons. The van der Waals surface area contributed by atoms with Crippen molar-refractivity contribution in [1.29, 1.82) is 0 Å². The maximum atomic E-state index is 6.25. The largest absolute Gasteiger partial charge is 0.493 e. The number of nitrogens with zero attached hydrogens (tertiary/aromatic N) is 1. The number of ether oxygens (including phenoxy) is 3. The van der Waals surface area contributed by atoms with Gasteiger partial charge in [-0.2, -0.15) is 0 Å². The van der Waals surface area contributed by atoms with E-state index in [9.17, 15) is 0 Å². The molecule has 1 N–H and O–H groups in total. The minimum atomic E-state index is 0.556. The third-order valence-electron chi connectivity index (χ3n) is 3.49. The van der Waals surface area contributed by atoms with E-state index in [0.29, 0.717) is 28.9 Å². The molecular formula is C17H17ClN2O3. The Morgan fingerprint density at radius 3 is 2.43 bits per heavy atom. The van der Waals surface area contributed by atoms with E-state index in [4.69, 9.17) is 25.8 Å². The fraction of sp³-hybridized carbons (Fsp3) is 0.235. The first-order valence-corrected chi connectivity index (χ1v) is 7.58. The summed E-state index contributed by atoms with van der Waals surface area (Å²) in [5, 5.41) is 0.556. The fourth-order valence-corrected chi connectivity index (χ4v) is 2.63. The number of hydrogen-bond acceptors (Lipinski definition) is 4. The quantitative estimate of drug-likeness (QED) is 0.756. The standard InChI is InChI=1S/C17H17ClN2O3/c1-4-23-14-6-5-10(7-11(14)18)17-19-12-8-15(21-2)16(22-3)9-13(12)20-17/h5-9H,4H2,1-3H3,(H,19,20). The van der Waals surface area contributed by atoms with Gasteiger partial charge in [-0.1, -0.05) is 11.6 Å². The van der Waals surface area contributed by atoms with E-state index in [1.165, 1.54) is 0 Å². The number of fused-ring (bicyclic) bond motifs is 1. The van der Waals surface area contributed by atoms with Gasteiger partial charge in [0.2, 0.25) is 0 Å². The van der Waals surface area contributed by atoms with Gasteiger partial charge < -0.3 is 19.2 Å². The number of nitrogens with one attached hydrogen (secondary N) is 1. The van der Waals surface area contributed by atoms with E-state index in [2.05, 4.69) is 9.97 Å². The van der Waals surface area contributed by atoms with Gasteiger partial charge in [-0.15, -0.1) is 0 Å². The van der Waals surface area contributed by atoms with Gasteiger partial charge in [0.25, 0.3) is 0 Å². The van der Waals surface area contributed by atoms with Crippen LogP contribution in [0, 0.1) is 0 Å². The monoisotopic (exact) mass is 332 g/mol. The number of aromatic nitrogens is 2. The topological polar surface area (TPSA) is 56.4 Å². The molecule has 0 fully saturated rings. The second-order valence-electron chi connectivity index (χ2n) is 4.89. The van der Waals surface area contributed by atoms with Gasteiger partial charge in [-0.3, -0.25) is 0 Å². The van der Waals surface area contributed by atoms with Crippen LogP contribution in [0.4, 0.5) is 0 Å². The summed E-state index contributed by atoms with van der Waals surface area (Å²) in [7, 11) is 3.21. The highest BCUT2D eigenvalue weighted by Gasteiger charge is 2.12. The molecule has 0 unspecified atom stereocenters. The van der Waals surface area contributed by atoms with Crippen LogP contribution < -0.4 is 14.2 Å². The lowest BCUT2D eigenvalue weighted by Crippen LogP contribution is -1.92. The van der Waals surface area contributed by atoms with Crippen LogP contribution in [0.2, 0.25) is 5.02 Å². The smallest absolute Gasteiger partial charge is 0.163 e. The summed E-state index contributed by atoms with van der Waals surface area (Å²) >= 11 is 6.25. The molecule has 3 aromatic rings. The molecule has 0 atom stereocenters. The van der Waals surface area contributed by atoms with Gasteiger partial charge in [-0.05, 0) is 25.1 Å². The molecule has 0 amide bonds. The lowest BCUT2D eigenvalue weighted by molar-refractivity contribution is 0.340. The van der Waals surface area contributed by atoms with Crippen molar-refractivity contribution in [1.82, 2.24) is 9.97 Å². The highest BCUT2D eigenvalue weighted by molar-refractivity contribution is 6.32. The van der Waals surface area contributed by atoms with Crippen LogP contribution in [0.1, 0.15) is 6.92 Å². The summed E-state index contributed by atoms with van der Waals surface area (Å²) in [5.41, 5.74) is 2.54. The van der Waals surface area contributed by atoms with Crippen molar-refractivity contribution in [2.24, 2.45) is 0 Å². The Balaban J connectivity index is 2.05. The molecule has 2 aromatic carbocycles. The summed E-state index contributed by atoms with van der Waals surface area (Å²) in [6, 6.07) is 9.29. The molecule has 3 rings (SSSR count). The summed E-state index contributed by atoms with van der Waals surface area (Å²) < 4.78 is 16.1. The zero-order valence-corrected chi connectivity index (χ0v) is 13.9. The van der Waals surface area contributed by atoms with Crippen LogP contribution in [-0.4, -0.2) is 30.8 Å². The van der Waals surface area contributed by atoms with Crippen molar-refractivity contribution < 1.29 is 14.2 Å². The Morgan fingerprint density at radius 1 is 1.04 bits per heavy atom. The summed E-state index contributed by atoms with van der Waals surface area (Å²) in [4.78, 5) is 7.86. The number of aromatic amines is 1. The molecule has 0 spiro atoms. The molecule has 1 heterocycles. The number of rotatable bonds is 5. The van der Waals surface area contributed by atoms with Crippen molar-refractivity contribution in [3.05, 3.63) is 35.4 Å². The second kappa shape index (κ2) is 6.38. The van der Waals surface area contributed by atoms with Crippen molar-refractivity contribution in [3.8, 4) is 28.6 Å². The molecular weight excluding hydrogens is 316 g/mol. The SMILES string of the molecule is CCOc1ccc(-c2nc3cc(OC)c(OC)cc3[nH]2)cc1Cl. The summed E-state index contributed by atoms with van der Waals surface area (Å²) in [6.07, 6.45) is 0. The Kier molecular flexibility index (Phi) is 4.30. The molecule has 1 aromatic heterocycles. The van der Waals surface area contributed by atoms with Gasteiger partial charge in [-0.25, -0.2) is 4.98 Å². The number of methoxy groups -OCH3 is 2. The normalized spacial score (nSPS) is 10.8. The van der Waals surface area contributed by atoms with Crippen molar-refractivity contribution in [2.75, 3.05) is 20.8 Å². The minimum absolute atomic E-state index is 0.556. The molecule has 0 aliphatic heterocycles. The predicted molar refractivity (Wildman–Crippen MR) is 90.8 cm³/mol. The fourth-order valence-electron chi connectivity index (χ4n) is 2.39. The molecule has 120 valence electrons. The lowest BCUT2D eigenvalue weighted by Gasteiger charge is -2.06. The molecule has 0 bridgehead atoms. The average Bonchev–Trinajstić information content (AvgIpc) is 2.98. The van der Waals surface area contributed by atoms with E-state index in [-0.39, 0.29) is 0 Å². The number of H-pyrrole nitrogens is 1. The molecule has 6 heteroatoms. The first-order chi connectivity index (χ1) is 11.2. The van der Waals surface area contributed by atoms with E-state index < -0.39 is 0 Å². The van der Waals surface area contributed by atoms with E-state index in [0.717, 1.165) is 22.4 Å². The number of imidazole rings is 1. The van der Waals surface area contributed by atoms with Crippen LogP contribution in [0.5, 0.6) is 17.2 Å². The first-order valence-electron chi connectivity index (χ1n) is 7.20. The van der Waals surface area contributed by atoms with Gasteiger partial charge in [0.1, 0.15) is 11.6 Å². The van der Waals surface area contributed by atoms with Crippen LogP contribution in [0.15, 0.2) is 30.3 Å². The number of halogens is 1. The Bertz CT molecular complexity index is 804. The van der Waals surface area contributed by atoms with Crippen LogP contribution in [-0.2, 0) is 0 Å². The van der Waals surface area contributed by atoms with Gasteiger partial charge in [0.15, 0.2) is 11.5 Å².